The van der Waals surface area contributed by atoms with Gasteiger partial charge in [0.25, 0.3) is 7.82 Å². The molecule has 0 saturated heterocycles. The number of phosphoric ester groups is 1. The number of quaternary nitrogens is 1. The van der Waals surface area contributed by atoms with Crippen molar-refractivity contribution in [1.82, 2.24) is 5.32 Å². The number of carbonyl (C=O) groups is 1. The minimum atomic E-state index is -4.57. The summed E-state index contributed by atoms with van der Waals surface area (Å²) in [6, 6.07) is -0.878. The molecule has 0 aromatic rings. The molecule has 0 radical (unpaired) electrons. The van der Waals surface area contributed by atoms with Crippen molar-refractivity contribution in [3.05, 3.63) is 24.3 Å². The van der Waals surface area contributed by atoms with Crippen LogP contribution in [0.4, 0.5) is 0 Å². The molecule has 63 heavy (non-hydrogen) atoms. The first kappa shape index (κ1) is 62.0. The Bertz CT molecular complexity index is 1080. The number of carbonyl (C=O) groups excluding carboxylic acids is 1. The Hall–Kier alpha value is -1.02. The lowest BCUT2D eigenvalue weighted by Crippen LogP contribution is -2.45. The summed E-state index contributed by atoms with van der Waals surface area (Å²) in [5.74, 6) is -0.202. The molecule has 0 aliphatic heterocycles. The van der Waals surface area contributed by atoms with Crippen LogP contribution in [0, 0.1) is 0 Å². The van der Waals surface area contributed by atoms with Crippen LogP contribution in [-0.2, 0) is 18.4 Å². The number of aliphatic hydroxyl groups is 1. The molecule has 0 heterocycles. The predicted octanol–water partition coefficient (Wildman–Crippen LogP) is 15.4. The molecule has 374 valence electrons. The van der Waals surface area contributed by atoms with E-state index in [1.165, 1.54) is 205 Å². The number of hydrogen-bond donors (Lipinski definition) is 2. The minimum absolute atomic E-state index is 0.000206. The summed E-state index contributed by atoms with van der Waals surface area (Å²) in [7, 11) is 1.26. The second-order valence-electron chi connectivity index (χ2n) is 19.9. The number of aliphatic hydroxyl groups excluding tert-OH is 1. The third-order valence-corrected chi connectivity index (χ3v) is 13.4. The third-order valence-electron chi connectivity index (χ3n) is 12.4. The van der Waals surface area contributed by atoms with E-state index in [0.717, 1.165) is 38.5 Å². The van der Waals surface area contributed by atoms with Gasteiger partial charge in [-0.25, -0.2) is 0 Å². The Morgan fingerprint density at radius 3 is 1.27 bits per heavy atom. The highest BCUT2D eigenvalue weighted by molar-refractivity contribution is 7.45. The van der Waals surface area contributed by atoms with Crippen LogP contribution >= 0.6 is 7.82 Å². The molecule has 0 aliphatic carbocycles. The summed E-state index contributed by atoms with van der Waals surface area (Å²) in [6.45, 7) is 4.51. The normalized spacial score (nSPS) is 14.2. The average molecular weight is 911 g/mol. The van der Waals surface area contributed by atoms with Crippen molar-refractivity contribution in [2.75, 3.05) is 40.9 Å². The number of hydrogen-bond acceptors (Lipinski definition) is 6. The molecule has 0 rings (SSSR count). The van der Waals surface area contributed by atoms with Gasteiger partial charge in [-0.15, -0.1) is 0 Å². The second-order valence-corrected chi connectivity index (χ2v) is 21.3. The highest BCUT2D eigenvalue weighted by Crippen LogP contribution is 2.38. The number of phosphoric acid groups is 1. The molecule has 3 unspecified atom stereocenters. The van der Waals surface area contributed by atoms with E-state index < -0.39 is 20.0 Å². The molecular weight excluding hydrogens is 804 g/mol. The van der Waals surface area contributed by atoms with Crippen molar-refractivity contribution < 1.29 is 32.9 Å². The van der Waals surface area contributed by atoms with Crippen molar-refractivity contribution in [2.24, 2.45) is 0 Å². The zero-order valence-corrected chi connectivity index (χ0v) is 43.4. The summed E-state index contributed by atoms with van der Waals surface area (Å²) in [4.78, 5) is 25.1. The van der Waals surface area contributed by atoms with Crippen LogP contribution in [0.2, 0.25) is 0 Å². The van der Waals surface area contributed by atoms with Crippen molar-refractivity contribution in [3.8, 4) is 0 Å². The molecule has 9 heteroatoms. The molecule has 0 aliphatic rings. The molecular formula is C54H107N2O6P. The zero-order valence-electron chi connectivity index (χ0n) is 42.5. The Balaban J connectivity index is 3.64. The maximum absolute atomic E-state index is 12.7. The summed E-state index contributed by atoms with van der Waals surface area (Å²) < 4.78 is 23.0. The maximum atomic E-state index is 12.7. The molecule has 1 amide bonds. The van der Waals surface area contributed by atoms with Crippen LogP contribution in [-0.4, -0.2) is 68.5 Å². The summed E-state index contributed by atoms with van der Waals surface area (Å²) in [6.07, 6.45) is 57.9. The zero-order chi connectivity index (χ0) is 46.4. The first-order valence-electron chi connectivity index (χ1n) is 27.2. The molecule has 0 bridgehead atoms. The molecule has 0 aromatic heterocycles. The van der Waals surface area contributed by atoms with Crippen LogP contribution in [0.3, 0.4) is 0 Å². The smallest absolute Gasteiger partial charge is 0.268 e. The summed E-state index contributed by atoms with van der Waals surface area (Å²) in [5.41, 5.74) is 0. The predicted molar refractivity (Wildman–Crippen MR) is 270 cm³/mol. The van der Waals surface area contributed by atoms with E-state index in [1.807, 2.05) is 27.2 Å². The standard InChI is InChI=1S/C54H107N2O6P/c1-6-8-10-12-13-14-15-16-17-18-19-20-21-22-23-24-25-26-27-28-29-30-31-32-33-34-35-36-37-38-39-40-41-42-43-44-46-48-54(58)55-52(53(57)47-45-11-9-7-2)51-62-63(59,60)61-50-49-56(3,4)5/h18-19,45,47,52-53,57H,6-17,20-44,46,48-51H2,1-5H3,(H-,55,58,59,60)/b19-18-,47-45+. The van der Waals surface area contributed by atoms with Gasteiger partial charge in [-0.1, -0.05) is 244 Å². The number of allylic oxidation sites excluding steroid dienone is 3. The lowest BCUT2D eigenvalue weighted by molar-refractivity contribution is -0.870. The lowest BCUT2D eigenvalue weighted by atomic mass is 10.0. The first-order chi connectivity index (χ1) is 30.5. The van der Waals surface area contributed by atoms with Crippen LogP contribution < -0.4 is 10.2 Å². The molecule has 8 nitrogen and oxygen atoms in total. The van der Waals surface area contributed by atoms with Crippen molar-refractivity contribution in [3.63, 3.8) is 0 Å². The molecule has 0 saturated carbocycles. The Morgan fingerprint density at radius 1 is 0.540 bits per heavy atom. The van der Waals surface area contributed by atoms with Gasteiger partial charge in [-0.05, 0) is 38.5 Å². The largest absolute Gasteiger partial charge is 0.756 e. The van der Waals surface area contributed by atoms with Crippen LogP contribution in [0.1, 0.15) is 264 Å². The SMILES string of the molecule is CCCC/C=C/C(O)C(COP(=O)([O-])OCC[N+](C)(C)C)NC(=O)CCCCCCCCCCCCCCCCCCCCCCCCCCC/C=C\CCCCCCCCCC. The number of nitrogens with zero attached hydrogens (tertiary/aromatic N) is 1. The van der Waals surface area contributed by atoms with Crippen LogP contribution in [0.25, 0.3) is 0 Å². The first-order valence-corrected chi connectivity index (χ1v) is 28.7. The van der Waals surface area contributed by atoms with Gasteiger partial charge >= 0.3 is 0 Å². The number of amides is 1. The van der Waals surface area contributed by atoms with E-state index in [9.17, 15) is 19.4 Å². The van der Waals surface area contributed by atoms with E-state index >= 15 is 0 Å². The molecule has 2 N–H and O–H groups in total. The molecule has 3 atom stereocenters. The number of unbranched alkanes of at least 4 members (excludes halogenated alkanes) is 35. The van der Waals surface area contributed by atoms with E-state index in [0.29, 0.717) is 17.4 Å². The van der Waals surface area contributed by atoms with Crippen LogP contribution in [0.15, 0.2) is 24.3 Å². The van der Waals surface area contributed by atoms with E-state index in [-0.39, 0.29) is 19.1 Å². The van der Waals surface area contributed by atoms with Gasteiger partial charge in [0.2, 0.25) is 5.91 Å². The van der Waals surface area contributed by atoms with Gasteiger partial charge in [-0.3, -0.25) is 9.36 Å². The maximum Gasteiger partial charge on any atom is 0.268 e. The van der Waals surface area contributed by atoms with E-state index in [2.05, 4.69) is 31.3 Å². The molecule has 0 aromatic carbocycles. The van der Waals surface area contributed by atoms with Gasteiger partial charge in [0.15, 0.2) is 0 Å². The van der Waals surface area contributed by atoms with Crippen molar-refractivity contribution in [2.45, 2.75) is 276 Å². The Kier molecular flexibility index (Phi) is 45.4. The third kappa shape index (κ3) is 48.7. The average Bonchev–Trinajstić information content (AvgIpc) is 3.24. The number of nitrogens with one attached hydrogen (secondary N) is 1. The van der Waals surface area contributed by atoms with Crippen LogP contribution in [0.5, 0.6) is 0 Å². The Labute approximate surface area is 392 Å². The summed E-state index contributed by atoms with van der Waals surface area (Å²) >= 11 is 0. The molecule has 0 fully saturated rings. The van der Waals surface area contributed by atoms with Gasteiger partial charge in [0.05, 0.1) is 39.9 Å². The fourth-order valence-corrected chi connectivity index (χ4v) is 8.80. The highest BCUT2D eigenvalue weighted by atomic mass is 31.2. The van der Waals surface area contributed by atoms with E-state index in [1.54, 1.807) is 6.08 Å². The van der Waals surface area contributed by atoms with Gasteiger partial charge in [0, 0.05) is 6.42 Å². The quantitative estimate of drug-likeness (QED) is 0.0272. The number of rotatable bonds is 50. The van der Waals surface area contributed by atoms with Crippen molar-refractivity contribution in [1.29, 1.82) is 0 Å². The second kappa shape index (κ2) is 46.1. The minimum Gasteiger partial charge on any atom is -0.756 e. The van der Waals surface area contributed by atoms with Gasteiger partial charge < -0.3 is 28.8 Å². The number of likely N-dealkylation sites (N-methyl/N-ethyl adjacent to an activating group) is 1. The lowest BCUT2D eigenvalue weighted by Gasteiger charge is -2.29. The fraction of sp³-hybridized carbons (Fsp3) is 0.907. The van der Waals surface area contributed by atoms with E-state index in [4.69, 9.17) is 9.05 Å². The van der Waals surface area contributed by atoms with Crippen molar-refractivity contribution >= 4 is 13.7 Å². The molecule has 0 spiro atoms. The Morgan fingerprint density at radius 2 is 0.889 bits per heavy atom. The summed E-state index contributed by atoms with van der Waals surface area (Å²) in [5, 5.41) is 13.5. The highest BCUT2D eigenvalue weighted by Gasteiger charge is 2.23. The topological polar surface area (TPSA) is 108 Å². The fourth-order valence-electron chi connectivity index (χ4n) is 8.08. The van der Waals surface area contributed by atoms with Gasteiger partial charge in [-0.2, -0.15) is 0 Å². The van der Waals surface area contributed by atoms with Gasteiger partial charge in [0.1, 0.15) is 13.2 Å². The monoisotopic (exact) mass is 911 g/mol.